The van der Waals surface area contributed by atoms with Crippen LogP contribution in [0.3, 0.4) is 0 Å². The number of anilines is 3. The van der Waals surface area contributed by atoms with E-state index in [9.17, 15) is 5.21 Å². The Kier molecular flexibility index (Phi) is 4.44. The summed E-state index contributed by atoms with van der Waals surface area (Å²) >= 11 is 6.41. The second-order valence-electron chi connectivity index (χ2n) is 5.36. The minimum absolute atomic E-state index is 0.415. The Morgan fingerprint density at radius 3 is 2.58 bits per heavy atom. The van der Waals surface area contributed by atoms with Gasteiger partial charge in [-0.3, -0.25) is 0 Å². The molecule has 0 amide bonds. The molecule has 0 atom stereocenters. The minimum Gasteiger partial charge on any atom is -0.410 e. The summed E-state index contributed by atoms with van der Waals surface area (Å²) in [6.07, 6.45) is 1.88. The monoisotopic (exact) mass is 340 g/mol. The van der Waals surface area contributed by atoms with Gasteiger partial charge < -0.3 is 20.8 Å². The number of hydrogen-bond donors (Lipinski definition) is 3. The van der Waals surface area contributed by atoms with Gasteiger partial charge in [-0.05, 0) is 42.5 Å². The van der Waals surface area contributed by atoms with E-state index in [2.05, 4.69) is 10.5 Å². The van der Waals surface area contributed by atoms with E-state index in [1.165, 1.54) is 0 Å². The SMILES string of the molecule is Cn1cccc1/C(=N\O)c1ccc(Nc2ccccc2N)cc1Cl. The number of oxime groups is 1. The van der Waals surface area contributed by atoms with E-state index < -0.39 is 0 Å². The van der Waals surface area contributed by atoms with Crippen LogP contribution in [0.5, 0.6) is 0 Å². The molecule has 0 fully saturated rings. The first-order valence-corrected chi connectivity index (χ1v) is 7.73. The molecule has 0 unspecified atom stereocenters. The number of benzene rings is 2. The summed E-state index contributed by atoms with van der Waals surface area (Å²) in [6, 6.07) is 16.7. The number of nitrogen functional groups attached to an aromatic ring is 1. The molecule has 1 heterocycles. The molecule has 122 valence electrons. The summed E-state index contributed by atoms with van der Waals surface area (Å²) in [5.74, 6) is 0. The first-order valence-electron chi connectivity index (χ1n) is 7.35. The van der Waals surface area contributed by atoms with Crippen molar-refractivity contribution < 1.29 is 5.21 Å². The first-order chi connectivity index (χ1) is 11.6. The molecule has 1 aromatic heterocycles. The maximum absolute atomic E-state index is 9.42. The summed E-state index contributed by atoms with van der Waals surface area (Å²) in [7, 11) is 1.88. The second-order valence-corrected chi connectivity index (χ2v) is 5.77. The highest BCUT2D eigenvalue weighted by molar-refractivity contribution is 6.35. The van der Waals surface area contributed by atoms with Crippen molar-refractivity contribution in [3.05, 3.63) is 77.1 Å². The highest BCUT2D eigenvalue weighted by Crippen LogP contribution is 2.28. The Bertz CT molecular complexity index is 902. The van der Waals surface area contributed by atoms with E-state index in [1.54, 1.807) is 6.07 Å². The number of nitrogens with one attached hydrogen (secondary N) is 1. The Balaban J connectivity index is 1.93. The lowest BCUT2D eigenvalue weighted by Gasteiger charge is -2.12. The fraction of sp³-hybridized carbons (Fsp3) is 0.0556. The molecule has 6 heteroatoms. The van der Waals surface area contributed by atoms with Crippen molar-refractivity contribution in [3.63, 3.8) is 0 Å². The number of aryl methyl sites for hydroxylation is 1. The van der Waals surface area contributed by atoms with Crippen molar-refractivity contribution in [2.45, 2.75) is 0 Å². The molecule has 3 aromatic rings. The van der Waals surface area contributed by atoms with Crippen LogP contribution in [-0.2, 0) is 7.05 Å². The first kappa shape index (κ1) is 16.0. The molecule has 0 aliphatic carbocycles. The number of nitrogens with zero attached hydrogens (tertiary/aromatic N) is 2. The lowest BCUT2D eigenvalue weighted by atomic mass is 10.1. The van der Waals surface area contributed by atoms with E-state index in [-0.39, 0.29) is 0 Å². The minimum atomic E-state index is 0.415. The molecule has 5 nitrogen and oxygen atoms in total. The molecule has 0 aliphatic heterocycles. The Hall–Kier alpha value is -2.92. The molecule has 0 saturated heterocycles. The van der Waals surface area contributed by atoms with E-state index in [4.69, 9.17) is 17.3 Å². The number of halogens is 1. The quantitative estimate of drug-likeness (QED) is 0.288. The van der Waals surface area contributed by atoms with Crippen molar-refractivity contribution in [1.29, 1.82) is 0 Å². The molecule has 0 bridgehead atoms. The molecule has 0 saturated carbocycles. The summed E-state index contributed by atoms with van der Waals surface area (Å²) in [5.41, 5.74) is 10.0. The van der Waals surface area contributed by atoms with Crippen molar-refractivity contribution in [2.24, 2.45) is 12.2 Å². The predicted octanol–water partition coefficient (Wildman–Crippen LogP) is 4.23. The molecular weight excluding hydrogens is 324 g/mol. The van der Waals surface area contributed by atoms with Crippen molar-refractivity contribution >= 4 is 34.4 Å². The van der Waals surface area contributed by atoms with E-state index in [0.29, 0.717) is 22.0 Å². The molecular formula is C18H17ClN4O. The average Bonchev–Trinajstić information content (AvgIpc) is 2.98. The lowest BCUT2D eigenvalue weighted by molar-refractivity contribution is 0.319. The Morgan fingerprint density at radius 1 is 1.17 bits per heavy atom. The summed E-state index contributed by atoms with van der Waals surface area (Å²) in [4.78, 5) is 0. The number of rotatable bonds is 4. The van der Waals surface area contributed by atoms with Crippen molar-refractivity contribution in [2.75, 3.05) is 11.1 Å². The van der Waals surface area contributed by atoms with Crippen LogP contribution in [0.2, 0.25) is 5.02 Å². The fourth-order valence-corrected chi connectivity index (χ4v) is 2.77. The van der Waals surface area contributed by atoms with Crippen molar-refractivity contribution in [1.82, 2.24) is 4.57 Å². The summed E-state index contributed by atoms with van der Waals surface area (Å²) < 4.78 is 1.86. The van der Waals surface area contributed by atoms with Gasteiger partial charge in [-0.15, -0.1) is 0 Å². The van der Waals surface area contributed by atoms with Crippen LogP contribution in [0, 0.1) is 0 Å². The zero-order valence-corrected chi connectivity index (χ0v) is 13.8. The van der Waals surface area contributed by atoms with E-state index in [1.807, 2.05) is 66.3 Å². The molecule has 2 aromatic carbocycles. The maximum Gasteiger partial charge on any atom is 0.134 e. The zero-order chi connectivity index (χ0) is 17.1. The summed E-state index contributed by atoms with van der Waals surface area (Å²) in [6.45, 7) is 0. The zero-order valence-electron chi connectivity index (χ0n) is 13.1. The molecule has 4 N–H and O–H groups in total. The van der Waals surface area contributed by atoms with Crippen LogP contribution in [-0.4, -0.2) is 15.5 Å². The van der Waals surface area contributed by atoms with Gasteiger partial charge in [0.15, 0.2) is 0 Å². The van der Waals surface area contributed by atoms with Crippen LogP contribution < -0.4 is 11.1 Å². The standard InChI is InChI=1S/C18H17ClN4O/c1-23-10-4-7-17(23)18(22-24)13-9-8-12(11-14(13)19)21-16-6-3-2-5-15(16)20/h2-11,21,24H,20H2,1H3/b22-18-. The third-order valence-corrected chi connectivity index (χ3v) is 4.06. The Morgan fingerprint density at radius 2 is 1.96 bits per heavy atom. The van der Waals surface area contributed by atoms with Gasteiger partial charge in [-0.25, -0.2) is 0 Å². The Labute approximate surface area is 145 Å². The van der Waals surface area contributed by atoms with E-state index in [0.717, 1.165) is 17.1 Å². The number of aromatic nitrogens is 1. The fourth-order valence-electron chi connectivity index (χ4n) is 2.50. The van der Waals surface area contributed by atoms with Gasteiger partial charge in [0.2, 0.25) is 0 Å². The molecule has 0 radical (unpaired) electrons. The number of hydrogen-bond acceptors (Lipinski definition) is 4. The van der Waals surface area contributed by atoms with Gasteiger partial charge in [-0.1, -0.05) is 28.9 Å². The topological polar surface area (TPSA) is 75.6 Å². The highest BCUT2D eigenvalue weighted by Gasteiger charge is 2.14. The number of nitrogens with two attached hydrogens (primary N) is 1. The van der Waals surface area contributed by atoms with Crippen LogP contribution >= 0.6 is 11.6 Å². The van der Waals surface area contributed by atoms with Gasteiger partial charge in [0.05, 0.1) is 22.1 Å². The van der Waals surface area contributed by atoms with Gasteiger partial charge >= 0.3 is 0 Å². The lowest BCUT2D eigenvalue weighted by Crippen LogP contribution is -2.09. The second kappa shape index (κ2) is 6.68. The molecule has 0 aliphatic rings. The van der Waals surface area contributed by atoms with Gasteiger partial charge in [0, 0.05) is 24.5 Å². The molecule has 0 spiro atoms. The normalized spacial score (nSPS) is 11.5. The van der Waals surface area contributed by atoms with Gasteiger partial charge in [-0.2, -0.15) is 0 Å². The number of para-hydroxylation sites is 2. The van der Waals surface area contributed by atoms with Crippen LogP contribution in [0.4, 0.5) is 17.1 Å². The third kappa shape index (κ3) is 3.07. The van der Waals surface area contributed by atoms with Crippen molar-refractivity contribution in [3.8, 4) is 0 Å². The van der Waals surface area contributed by atoms with Gasteiger partial charge in [0.1, 0.15) is 5.71 Å². The maximum atomic E-state index is 9.42. The third-order valence-electron chi connectivity index (χ3n) is 3.75. The smallest absolute Gasteiger partial charge is 0.134 e. The van der Waals surface area contributed by atoms with Crippen LogP contribution in [0.1, 0.15) is 11.3 Å². The molecule has 3 rings (SSSR count). The summed E-state index contributed by atoms with van der Waals surface area (Å²) in [5, 5.41) is 16.5. The van der Waals surface area contributed by atoms with E-state index >= 15 is 0 Å². The predicted molar refractivity (Wildman–Crippen MR) is 98.4 cm³/mol. The average molecular weight is 341 g/mol. The highest BCUT2D eigenvalue weighted by atomic mass is 35.5. The molecule has 24 heavy (non-hydrogen) atoms. The van der Waals surface area contributed by atoms with Gasteiger partial charge in [0.25, 0.3) is 0 Å². The largest absolute Gasteiger partial charge is 0.410 e. The van der Waals surface area contributed by atoms with Crippen LogP contribution in [0.15, 0.2) is 65.9 Å². The van der Waals surface area contributed by atoms with Crippen LogP contribution in [0.25, 0.3) is 0 Å².